The van der Waals surface area contributed by atoms with Crippen LogP contribution in [0.3, 0.4) is 0 Å². The Kier molecular flexibility index (Phi) is 25.8. The van der Waals surface area contributed by atoms with Crippen LogP contribution in [0.25, 0.3) is 0 Å². The highest BCUT2D eigenvalue weighted by atomic mass is 32.1. The van der Waals surface area contributed by atoms with Crippen molar-refractivity contribution in [3.63, 3.8) is 0 Å². The van der Waals surface area contributed by atoms with Gasteiger partial charge in [-0.05, 0) is 25.7 Å². The molecule has 0 amide bonds. The van der Waals surface area contributed by atoms with Gasteiger partial charge in [0, 0.05) is 0 Å². The molecule has 0 bridgehead atoms. The fraction of sp³-hybridized carbons (Fsp3) is 0.967. The Morgan fingerprint density at radius 3 is 1.63 bits per heavy atom. The maximum atomic E-state index is 12.0. The molecule has 0 rings (SSSR count). The number of esters is 1. The van der Waals surface area contributed by atoms with Crippen LogP contribution in [0.1, 0.15) is 156 Å². The molecule has 38 heavy (non-hydrogen) atoms. The molecule has 0 aromatic heterocycles. The molecule has 0 fully saturated rings. The van der Waals surface area contributed by atoms with E-state index in [2.05, 4.69) is 26.5 Å². The summed E-state index contributed by atoms with van der Waals surface area (Å²) in [7, 11) is -1.95. The van der Waals surface area contributed by atoms with Gasteiger partial charge < -0.3 is 23.9 Å². The molecule has 0 aliphatic carbocycles. The van der Waals surface area contributed by atoms with Crippen molar-refractivity contribution in [2.75, 3.05) is 6.61 Å². The Bertz CT molecular complexity index is 567. The summed E-state index contributed by atoms with van der Waals surface area (Å²) in [6.45, 7) is 8.02. The van der Waals surface area contributed by atoms with Crippen molar-refractivity contribution < 1.29 is 28.7 Å². The van der Waals surface area contributed by atoms with Crippen molar-refractivity contribution in [3.8, 4) is 0 Å². The van der Waals surface area contributed by atoms with E-state index in [1.165, 1.54) is 116 Å². The van der Waals surface area contributed by atoms with E-state index in [1.807, 2.05) is 6.92 Å². The summed E-state index contributed by atoms with van der Waals surface area (Å²) in [5, 5.41) is 10.4. The van der Waals surface area contributed by atoms with E-state index in [0.29, 0.717) is 12.3 Å². The first kappa shape index (κ1) is 37.9. The van der Waals surface area contributed by atoms with E-state index in [9.17, 15) is 14.5 Å². The van der Waals surface area contributed by atoms with Crippen molar-refractivity contribution in [2.45, 2.75) is 173 Å². The molecule has 0 saturated heterocycles. The third-order valence-electron chi connectivity index (χ3n) is 7.15. The average Bonchev–Trinajstić information content (AvgIpc) is 2.90. The second-order valence-electron chi connectivity index (χ2n) is 10.7. The van der Waals surface area contributed by atoms with Crippen LogP contribution >= 0.6 is 21.1 Å². The van der Waals surface area contributed by atoms with Gasteiger partial charge in [-0.1, -0.05) is 136 Å². The van der Waals surface area contributed by atoms with Crippen molar-refractivity contribution in [1.29, 1.82) is 0 Å². The first-order valence-corrected chi connectivity index (χ1v) is 17.3. The van der Waals surface area contributed by atoms with E-state index in [-0.39, 0.29) is 12.0 Å². The lowest BCUT2D eigenvalue weighted by Crippen LogP contribution is -2.42. The molecule has 6 nitrogen and oxygen atoms in total. The zero-order chi connectivity index (χ0) is 28.5. The van der Waals surface area contributed by atoms with E-state index in [4.69, 9.17) is 14.2 Å². The predicted octanol–water partition coefficient (Wildman–Crippen LogP) is 9.04. The van der Waals surface area contributed by atoms with Gasteiger partial charge in [0.15, 0.2) is 6.29 Å². The highest BCUT2D eigenvalue weighted by molar-refractivity contribution is 7.80. The van der Waals surface area contributed by atoms with E-state index >= 15 is 0 Å². The number of unbranched alkanes of at least 4 members (excludes halogenated alkanes) is 14. The first-order chi connectivity index (χ1) is 18.4. The standard InChI is InChI=1S/C30H61O6PS/c1-5-9-11-13-15-16-17-18-20-22-24-26(23-21-19-14-12-10-6-2)25-28(38)35-27(7-3)36-30(32,37-33)29(31)34-8-4/h26-28,32,38H,5-25,37H2,1-4H3. The summed E-state index contributed by atoms with van der Waals surface area (Å²) in [5.41, 5.74) is -2.85. The average molecular weight is 581 g/mol. The molecule has 0 saturated carbocycles. The monoisotopic (exact) mass is 580 g/mol. The van der Waals surface area contributed by atoms with E-state index < -0.39 is 26.2 Å². The Morgan fingerprint density at radius 2 is 1.24 bits per heavy atom. The molecule has 0 aliphatic rings. The Balaban J connectivity index is 4.66. The largest absolute Gasteiger partial charge is 0.462 e. The maximum Gasteiger partial charge on any atom is 0.374 e. The molecule has 1 N–H and O–H groups in total. The van der Waals surface area contributed by atoms with Gasteiger partial charge in [-0.3, -0.25) is 0 Å². The van der Waals surface area contributed by atoms with Crippen molar-refractivity contribution in [3.05, 3.63) is 0 Å². The summed E-state index contributed by atoms with van der Waals surface area (Å²) in [6.07, 6.45) is 23.6. The molecule has 8 heteroatoms. The van der Waals surface area contributed by atoms with Crippen molar-refractivity contribution in [2.24, 2.45) is 5.92 Å². The molecule has 0 heterocycles. The summed E-state index contributed by atoms with van der Waals surface area (Å²) >= 11 is 4.68. The highest BCUT2D eigenvalue weighted by Crippen LogP contribution is 2.30. The molecule has 0 spiro atoms. The second kappa shape index (κ2) is 25.9. The molecule has 0 radical (unpaired) electrons. The van der Waals surface area contributed by atoms with Crippen LogP contribution in [-0.4, -0.2) is 34.9 Å². The third kappa shape index (κ3) is 19.9. The number of hydrogen-bond acceptors (Lipinski definition) is 7. The minimum atomic E-state index is -2.46. The van der Waals surface area contributed by atoms with Crippen LogP contribution in [0.4, 0.5) is 0 Å². The molecular formula is C30H61O6PS. The van der Waals surface area contributed by atoms with Crippen LogP contribution < -0.4 is 0 Å². The third-order valence-corrected chi connectivity index (χ3v) is 8.17. The number of carbonyl (C=O) groups is 1. The summed E-state index contributed by atoms with van der Waals surface area (Å²) < 4.78 is 27.8. The number of ether oxygens (including phenoxy) is 3. The Labute approximate surface area is 241 Å². The van der Waals surface area contributed by atoms with Crippen LogP contribution in [-0.2, 0) is 23.6 Å². The first-order valence-electron chi connectivity index (χ1n) is 15.7. The number of aliphatic hydroxyl groups is 1. The Morgan fingerprint density at radius 1 is 0.789 bits per heavy atom. The van der Waals surface area contributed by atoms with Crippen LogP contribution in [0.5, 0.6) is 0 Å². The molecule has 0 aromatic carbocycles. The second-order valence-corrected chi connectivity index (χ2v) is 12.3. The van der Waals surface area contributed by atoms with Crippen molar-refractivity contribution in [1.82, 2.24) is 0 Å². The zero-order valence-electron chi connectivity index (χ0n) is 25.1. The minimum Gasteiger partial charge on any atom is -0.462 e. The molecule has 5 unspecified atom stereocenters. The molecule has 0 aromatic rings. The Hall–Kier alpha value is -0.0700. The lowest BCUT2D eigenvalue weighted by Gasteiger charge is -2.29. The van der Waals surface area contributed by atoms with Crippen LogP contribution in [0.2, 0.25) is 0 Å². The van der Waals surface area contributed by atoms with Gasteiger partial charge in [0.25, 0.3) is 0 Å². The van der Waals surface area contributed by atoms with Gasteiger partial charge in [0.2, 0.25) is 0 Å². The van der Waals surface area contributed by atoms with E-state index in [0.717, 1.165) is 6.42 Å². The number of hydrogen-bond donors (Lipinski definition) is 2. The van der Waals surface area contributed by atoms with Gasteiger partial charge in [0.1, 0.15) is 13.9 Å². The molecule has 228 valence electrons. The summed E-state index contributed by atoms with van der Waals surface area (Å²) in [4.78, 5) is 12.0. The van der Waals surface area contributed by atoms with Crippen LogP contribution in [0.15, 0.2) is 0 Å². The zero-order valence-corrected chi connectivity index (χ0v) is 27.1. The quantitative estimate of drug-likeness (QED) is 0.0316. The van der Waals surface area contributed by atoms with Gasteiger partial charge >= 0.3 is 11.5 Å². The minimum absolute atomic E-state index is 0.0653. The van der Waals surface area contributed by atoms with Gasteiger partial charge in [-0.25, -0.2) is 4.79 Å². The lowest BCUT2D eigenvalue weighted by atomic mass is 9.91. The van der Waals surface area contributed by atoms with Gasteiger partial charge in [0.05, 0.1) is 6.61 Å². The highest BCUT2D eigenvalue weighted by Gasteiger charge is 2.41. The summed E-state index contributed by atoms with van der Waals surface area (Å²) in [5.74, 6) is -0.519. The number of rotatable bonds is 28. The molecular weight excluding hydrogens is 519 g/mol. The van der Waals surface area contributed by atoms with E-state index in [1.54, 1.807) is 6.92 Å². The fourth-order valence-electron chi connectivity index (χ4n) is 4.80. The predicted molar refractivity (Wildman–Crippen MR) is 164 cm³/mol. The van der Waals surface area contributed by atoms with Gasteiger partial charge in [-0.15, -0.1) is 12.6 Å². The fourth-order valence-corrected chi connectivity index (χ4v) is 5.62. The van der Waals surface area contributed by atoms with Gasteiger partial charge in [-0.2, -0.15) is 0 Å². The van der Waals surface area contributed by atoms with Crippen molar-refractivity contribution >= 4 is 27.1 Å². The molecule has 5 atom stereocenters. The SMILES string of the molecule is CCCCCCCCCCCCC(CCCCCCCC)CC(S)OC(CC)OC(O)([PH2]=O)C(=O)OCC. The molecule has 0 aliphatic heterocycles. The summed E-state index contributed by atoms with van der Waals surface area (Å²) in [6, 6.07) is 0. The smallest absolute Gasteiger partial charge is 0.374 e. The lowest BCUT2D eigenvalue weighted by molar-refractivity contribution is -0.258. The number of carbonyl (C=O) groups excluding carboxylic acids is 1. The normalized spacial score (nSPS) is 15.9. The maximum absolute atomic E-state index is 12.0. The van der Waals surface area contributed by atoms with Crippen LogP contribution in [0, 0.1) is 5.92 Å². The topological polar surface area (TPSA) is 82.1 Å². The number of thiol groups is 1.